The predicted molar refractivity (Wildman–Crippen MR) is 89.0 cm³/mol. The third-order valence-corrected chi connectivity index (χ3v) is 3.33. The molecule has 3 rings (SSSR count). The van der Waals surface area contributed by atoms with Crippen LogP contribution in [0.5, 0.6) is 11.5 Å². The van der Waals surface area contributed by atoms with Crippen LogP contribution in [0.15, 0.2) is 55.0 Å². The SMILES string of the molecule is CCOc1ccc(OC(=O)c2cn(C)nc2-c2cccnc2)cc1. The summed E-state index contributed by atoms with van der Waals surface area (Å²) in [5.74, 6) is 0.713. The Morgan fingerprint density at radius 3 is 2.58 bits per heavy atom. The van der Waals surface area contributed by atoms with Crippen molar-refractivity contribution in [3.05, 3.63) is 60.6 Å². The van der Waals surface area contributed by atoms with Crippen LogP contribution in [-0.2, 0) is 7.05 Å². The van der Waals surface area contributed by atoms with Crippen molar-refractivity contribution in [2.24, 2.45) is 7.05 Å². The maximum absolute atomic E-state index is 12.5. The maximum atomic E-state index is 12.5. The molecule has 0 N–H and O–H groups in total. The van der Waals surface area contributed by atoms with Crippen LogP contribution in [0, 0.1) is 0 Å². The molecule has 0 radical (unpaired) electrons. The Balaban J connectivity index is 1.83. The van der Waals surface area contributed by atoms with E-state index in [-0.39, 0.29) is 0 Å². The van der Waals surface area contributed by atoms with Crippen LogP contribution < -0.4 is 9.47 Å². The minimum Gasteiger partial charge on any atom is -0.494 e. The van der Waals surface area contributed by atoms with Crippen LogP contribution in [0.2, 0.25) is 0 Å². The van der Waals surface area contributed by atoms with Crippen molar-refractivity contribution in [1.82, 2.24) is 14.8 Å². The van der Waals surface area contributed by atoms with E-state index in [2.05, 4.69) is 10.1 Å². The normalized spacial score (nSPS) is 10.4. The number of ether oxygens (including phenoxy) is 2. The van der Waals surface area contributed by atoms with Gasteiger partial charge in [0.2, 0.25) is 0 Å². The number of carbonyl (C=O) groups excluding carboxylic acids is 1. The fourth-order valence-electron chi connectivity index (χ4n) is 2.29. The van der Waals surface area contributed by atoms with E-state index in [9.17, 15) is 4.79 Å². The summed E-state index contributed by atoms with van der Waals surface area (Å²) in [7, 11) is 1.76. The van der Waals surface area contributed by atoms with Crippen LogP contribution in [0.1, 0.15) is 17.3 Å². The highest BCUT2D eigenvalue weighted by atomic mass is 16.5. The van der Waals surface area contributed by atoms with Crippen molar-refractivity contribution in [3.8, 4) is 22.8 Å². The molecule has 0 aliphatic rings. The van der Waals surface area contributed by atoms with Gasteiger partial charge in [-0.25, -0.2) is 4.79 Å². The average Bonchev–Trinajstić information content (AvgIpc) is 3.00. The first kappa shape index (κ1) is 15.7. The highest BCUT2D eigenvalue weighted by Gasteiger charge is 2.19. The Morgan fingerprint density at radius 2 is 1.92 bits per heavy atom. The van der Waals surface area contributed by atoms with Crippen molar-refractivity contribution >= 4 is 5.97 Å². The number of aromatic nitrogens is 3. The number of pyridine rings is 1. The first-order chi connectivity index (χ1) is 11.7. The summed E-state index contributed by atoms with van der Waals surface area (Å²) in [5, 5.41) is 4.34. The van der Waals surface area contributed by atoms with Crippen molar-refractivity contribution in [3.63, 3.8) is 0 Å². The molecule has 2 aromatic heterocycles. The van der Waals surface area contributed by atoms with E-state index in [1.54, 1.807) is 60.7 Å². The second kappa shape index (κ2) is 6.95. The Bertz CT molecular complexity index is 826. The zero-order valence-corrected chi connectivity index (χ0v) is 13.5. The Labute approximate surface area is 139 Å². The first-order valence-electron chi connectivity index (χ1n) is 7.56. The molecule has 0 saturated heterocycles. The molecule has 1 aromatic carbocycles. The smallest absolute Gasteiger partial charge is 0.347 e. The average molecular weight is 323 g/mol. The molecular weight excluding hydrogens is 306 g/mol. The van der Waals surface area contributed by atoms with E-state index in [4.69, 9.17) is 9.47 Å². The monoisotopic (exact) mass is 323 g/mol. The Hall–Kier alpha value is -3.15. The van der Waals surface area contributed by atoms with Crippen LogP contribution in [0.4, 0.5) is 0 Å². The summed E-state index contributed by atoms with van der Waals surface area (Å²) in [6.45, 7) is 2.50. The number of rotatable bonds is 5. The van der Waals surface area contributed by atoms with E-state index in [1.165, 1.54) is 0 Å². The lowest BCUT2D eigenvalue weighted by Gasteiger charge is -2.06. The quantitative estimate of drug-likeness (QED) is 0.533. The van der Waals surface area contributed by atoms with Gasteiger partial charge in [-0.3, -0.25) is 9.67 Å². The summed E-state index contributed by atoms with van der Waals surface area (Å²) < 4.78 is 12.4. The molecule has 0 aliphatic carbocycles. The van der Waals surface area contributed by atoms with Crippen molar-refractivity contribution < 1.29 is 14.3 Å². The Kier molecular flexibility index (Phi) is 4.56. The summed E-state index contributed by atoms with van der Waals surface area (Å²) in [5.41, 5.74) is 1.69. The molecule has 122 valence electrons. The first-order valence-corrected chi connectivity index (χ1v) is 7.56. The second-order valence-electron chi connectivity index (χ2n) is 5.10. The van der Waals surface area contributed by atoms with Gasteiger partial charge >= 0.3 is 5.97 Å². The molecule has 0 spiro atoms. The van der Waals surface area contributed by atoms with Gasteiger partial charge in [-0.2, -0.15) is 5.10 Å². The largest absolute Gasteiger partial charge is 0.494 e. The molecule has 0 bridgehead atoms. The zero-order chi connectivity index (χ0) is 16.9. The van der Waals surface area contributed by atoms with Gasteiger partial charge in [0, 0.05) is 31.2 Å². The predicted octanol–water partition coefficient (Wildman–Crippen LogP) is 3.10. The van der Waals surface area contributed by atoms with Crippen molar-refractivity contribution in [2.75, 3.05) is 6.61 Å². The minimum absolute atomic E-state index is 0.388. The topological polar surface area (TPSA) is 66.2 Å². The van der Waals surface area contributed by atoms with Crippen molar-refractivity contribution in [1.29, 1.82) is 0 Å². The number of aryl methyl sites for hydroxylation is 1. The fraction of sp³-hybridized carbons (Fsp3) is 0.167. The molecule has 0 unspecified atom stereocenters. The molecule has 0 saturated carbocycles. The summed E-state index contributed by atoms with van der Waals surface area (Å²) >= 11 is 0. The van der Waals surface area contributed by atoms with Crippen molar-refractivity contribution in [2.45, 2.75) is 6.92 Å². The van der Waals surface area contributed by atoms with Crippen LogP contribution >= 0.6 is 0 Å². The zero-order valence-electron chi connectivity index (χ0n) is 13.5. The van der Waals surface area contributed by atoms with E-state index in [1.807, 2.05) is 13.0 Å². The van der Waals surface area contributed by atoms with Crippen LogP contribution in [0.25, 0.3) is 11.3 Å². The molecule has 24 heavy (non-hydrogen) atoms. The van der Waals surface area contributed by atoms with Gasteiger partial charge < -0.3 is 9.47 Å². The number of esters is 1. The maximum Gasteiger partial charge on any atom is 0.347 e. The molecule has 3 aromatic rings. The fourth-order valence-corrected chi connectivity index (χ4v) is 2.29. The summed E-state index contributed by atoms with van der Waals surface area (Å²) in [6, 6.07) is 10.6. The van der Waals surface area contributed by atoms with Gasteiger partial charge in [-0.05, 0) is 43.3 Å². The van der Waals surface area contributed by atoms with Crippen LogP contribution in [-0.4, -0.2) is 27.3 Å². The number of nitrogens with zero attached hydrogens (tertiary/aromatic N) is 3. The second-order valence-corrected chi connectivity index (χ2v) is 5.10. The molecule has 2 heterocycles. The molecule has 6 heteroatoms. The highest BCUT2D eigenvalue weighted by Crippen LogP contribution is 2.23. The minimum atomic E-state index is -0.467. The number of benzene rings is 1. The number of hydrogen-bond acceptors (Lipinski definition) is 5. The van der Waals surface area contributed by atoms with Gasteiger partial charge in [-0.1, -0.05) is 0 Å². The van der Waals surface area contributed by atoms with E-state index in [0.717, 1.165) is 11.3 Å². The van der Waals surface area contributed by atoms with Gasteiger partial charge in [0.15, 0.2) is 0 Å². The summed E-state index contributed by atoms with van der Waals surface area (Å²) in [4.78, 5) is 16.6. The third-order valence-electron chi connectivity index (χ3n) is 3.33. The number of hydrogen-bond donors (Lipinski definition) is 0. The van der Waals surface area contributed by atoms with Crippen LogP contribution in [0.3, 0.4) is 0 Å². The van der Waals surface area contributed by atoms with Gasteiger partial charge in [0.05, 0.1) is 6.61 Å². The molecule has 0 aliphatic heterocycles. The summed E-state index contributed by atoms with van der Waals surface area (Å²) in [6.07, 6.45) is 4.97. The molecular formula is C18H17N3O3. The van der Waals surface area contributed by atoms with Gasteiger partial charge in [0.25, 0.3) is 0 Å². The molecule has 0 atom stereocenters. The lowest BCUT2D eigenvalue weighted by molar-refractivity contribution is 0.0735. The van der Waals surface area contributed by atoms with Gasteiger partial charge in [0.1, 0.15) is 22.8 Å². The standard InChI is InChI=1S/C18H17N3O3/c1-3-23-14-6-8-15(9-7-14)24-18(22)16-12-21(2)20-17(16)13-5-4-10-19-11-13/h4-12H,3H2,1-2H3. The van der Waals surface area contributed by atoms with E-state index >= 15 is 0 Å². The Morgan fingerprint density at radius 1 is 1.17 bits per heavy atom. The molecule has 6 nitrogen and oxygen atoms in total. The highest BCUT2D eigenvalue weighted by molar-refractivity contribution is 5.97. The molecule has 0 amide bonds. The third kappa shape index (κ3) is 3.43. The lowest BCUT2D eigenvalue weighted by Crippen LogP contribution is -2.09. The van der Waals surface area contributed by atoms with E-state index < -0.39 is 5.97 Å². The van der Waals surface area contributed by atoms with Gasteiger partial charge in [-0.15, -0.1) is 0 Å². The lowest BCUT2D eigenvalue weighted by atomic mass is 10.1. The number of carbonyl (C=O) groups is 1. The van der Waals surface area contributed by atoms with E-state index in [0.29, 0.717) is 23.6 Å². The molecule has 0 fully saturated rings.